The van der Waals surface area contributed by atoms with Gasteiger partial charge < -0.3 is 19.3 Å². The molecule has 2 aromatic carbocycles. The van der Waals surface area contributed by atoms with Gasteiger partial charge in [0, 0.05) is 17.8 Å². The fourth-order valence-corrected chi connectivity index (χ4v) is 4.28. The predicted molar refractivity (Wildman–Crippen MR) is 134 cm³/mol. The highest BCUT2D eigenvalue weighted by Crippen LogP contribution is 2.38. The van der Waals surface area contributed by atoms with Crippen LogP contribution < -0.4 is 14.8 Å². The number of methoxy groups -OCH3 is 2. The standard InChI is InChI=1S/C27H32N4O4/c1-6-7-8-15-31-18(3)23(24(28-27(31)32)19-11-9-17(2)10-12-19)26-29-25(30-35-26)20-13-14-21(33-4)22(16-20)34-5/h9-14,16,24H,6-8,15H2,1-5H3,(H,28,32). The van der Waals surface area contributed by atoms with Crippen molar-refractivity contribution in [2.45, 2.75) is 46.1 Å². The van der Waals surface area contributed by atoms with Crippen molar-refractivity contribution in [1.82, 2.24) is 20.4 Å². The van der Waals surface area contributed by atoms with E-state index < -0.39 is 6.04 Å². The Morgan fingerprint density at radius 1 is 1.03 bits per heavy atom. The molecule has 1 aliphatic heterocycles. The molecule has 8 nitrogen and oxygen atoms in total. The Morgan fingerprint density at radius 2 is 1.77 bits per heavy atom. The van der Waals surface area contributed by atoms with Crippen molar-refractivity contribution < 1.29 is 18.8 Å². The van der Waals surface area contributed by atoms with Gasteiger partial charge in [0.2, 0.25) is 5.82 Å². The first-order valence-electron chi connectivity index (χ1n) is 11.9. The molecule has 1 aliphatic rings. The van der Waals surface area contributed by atoms with E-state index in [-0.39, 0.29) is 6.03 Å². The van der Waals surface area contributed by atoms with Crippen molar-refractivity contribution in [2.75, 3.05) is 20.8 Å². The normalized spacial score (nSPS) is 15.9. The molecule has 0 saturated heterocycles. The zero-order valence-corrected chi connectivity index (χ0v) is 20.9. The van der Waals surface area contributed by atoms with Crippen LogP contribution in [0.1, 0.15) is 56.2 Å². The molecule has 1 atom stereocenters. The van der Waals surface area contributed by atoms with Gasteiger partial charge in [-0.25, -0.2) is 4.79 Å². The maximum absolute atomic E-state index is 13.1. The summed E-state index contributed by atoms with van der Waals surface area (Å²) in [6.45, 7) is 6.76. The molecule has 0 saturated carbocycles. The summed E-state index contributed by atoms with van der Waals surface area (Å²) >= 11 is 0. The Bertz CT molecular complexity index is 1220. The summed E-state index contributed by atoms with van der Waals surface area (Å²) in [5.74, 6) is 2.00. The lowest BCUT2D eigenvalue weighted by Crippen LogP contribution is -2.46. The van der Waals surface area contributed by atoms with Crippen LogP contribution >= 0.6 is 0 Å². The smallest absolute Gasteiger partial charge is 0.322 e. The molecule has 1 aromatic heterocycles. The average molecular weight is 477 g/mol. The van der Waals surface area contributed by atoms with E-state index in [9.17, 15) is 4.79 Å². The topological polar surface area (TPSA) is 89.7 Å². The maximum Gasteiger partial charge on any atom is 0.322 e. The minimum Gasteiger partial charge on any atom is -0.493 e. The van der Waals surface area contributed by atoms with Crippen LogP contribution in [0.4, 0.5) is 4.79 Å². The first-order chi connectivity index (χ1) is 17.0. The highest BCUT2D eigenvalue weighted by atomic mass is 16.5. The Labute approximate surface area is 205 Å². The van der Waals surface area contributed by atoms with E-state index in [4.69, 9.17) is 19.0 Å². The van der Waals surface area contributed by atoms with Crippen LogP contribution in [0.15, 0.2) is 52.7 Å². The number of allylic oxidation sites excluding steroid dienone is 1. The molecule has 4 rings (SSSR count). The van der Waals surface area contributed by atoms with E-state index in [0.29, 0.717) is 29.8 Å². The summed E-state index contributed by atoms with van der Waals surface area (Å²) in [6.07, 6.45) is 3.05. The Morgan fingerprint density at radius 3 is 2.46 bits per heavy atom. The third-order valence-corrected chi connectivity index (χ3v) is 6.29. The Balaban J connectivity index is 1.76. The number of carbonyl (C=O) groups is 1. The minimum absolute atomic E-state index is 0.118. The third kappa shape index (κ3) is 5.01. The van der Waals surface area contributed by atoms with Crippen molar-refractivity contribution >= 4 is 11.6 Å². The second kappa shape index (κ2) is 10.6. The molecule has 3 aromatic rings. The molecular weight excluding hydrogens is 444 g/mol. The summed E-state index contributed by atoms with van der Waals surface area (Å²) in [5.41, 5.74) is 4.45. The zero-order valence-electron chi connectivity index (χ0n) is 20.9. The van der Waals surface area contributed by atoms with Crippen molar-refractivity contribution in [3.05, 3.63) is 65.2 Å². The molecule has 2 amide bonds. The van der Waals surface area contributed by atoms with Crippen LogP contribution in [-0.2, 0) is 0 Å². The Hall–Kier alpha value is -3.81. The minimum atomic E-state index is -0.399. The number of hydrogen-bond donors (Lipinski definition) is 1. The van der Waals surface area contributed by atoms with E-state index >= 15 is 0 Å². The van der Waals surface area contributed by atoms with Gasteiger partial charge >= 0.3 is 6.03 Å². The number of aromatic nitrogens is 2. The molecule has 184 valence electrons. The summed E-state index contributed by atoms with van der Waals surface area (Å²) in [5, 5.41) is 7.40. The number of ether oxygens (including phenoxy) is 2. The largest absolute Gasteiger partial charge is 0.493 e. The van der Waals surface area contributed by atoms with Gasteiger partial charge in [-0.3, -0.25) is 4.90 Å². The van der Waals surface area contributed by atoms with Gasteiger partial charge in [0.05, 0.1) is 25.8 Å². The molecule has 0 radical (unpaired) electrons. The number of nitrogens with one attached hydrogen (secondary N) is 1. The maximum atomic E-state index is 13.1. The first-order valence-corrected chi connectivity index (χ1v) is 11.9. The van der Waals surface area contributed by atoms with Gasteiger partial charge in [-0.05, 0) is 44.0 Å². The molecule has 0 spiro atoms. The van der Waals surface area contributed by atoms with Crippen LogP contribution in [-0.4, -0.2) is 41.8 Å². The highest BCUT2D eigenvalue weighted by molar-refractivity contribution is 5.86. The van der Waals surface area contributed by atoms with Gasteiger partial charge in [0.25, 0.3) is 5.89 Å². The third-order valence-electron chi connectivity index (χ3n) is 6.29. The van der Waals surface area contributed by atoms with Crippen LogP contribution in [0.25, 0.3) is 17.0 Å². The SMILES string of the molecule is CCCCCN1C(=O)NC(c2ccc(C)cc2)C(c2nc(-c3ccc(OC)c(OC)c3)no2)=C1C. The second-order valence-electron chi connectivity index (χ2n) is 8.64. The lowest BCUT2D eigenvalue weighted by molar-refractivity contribution is 0.204. The second-order valence-corrected chi connectivity index (χ2v) is 8.64. The number of nitrogens with zero attached hydrogens (tertiary/aromatic N) is 3. The van der Waals surface area contributed by atoms with Crippen LogP contribution in [0.3, 0.4) is 0 Å². The molecular formula is C27H32N4O4. The number of hydrogen-bond acceptors (Lipinski definition) is 6. The molecule has 1 unspecified atom stereocenters. The lowest BCUT2D eigenvalue weighted by atomic mass is 9.94. The molecule has 0 bridgehead atoms. The fourth-order valence-electron chi connectivity index (χ4n) is 4.28. The molecule has 8 heteroatoms. The van der Waals surface area contributed by atoms with Crippen LogP contribution in [0.5, 0.6) is 11.5 Å². The first kappa shape index (κ1) is 24.3. The van der Waals surface area contributed by atoms with E-state index in [1.807, 2.05) is 50.2 Å². The van der Waals surface area contributed by atoms with Crippen molar-refractivity contribution in [3.63, 3.8) is 0 Å². The number of aryl methyl sites for hydroxylation is 1. The van der Waals surface area contributed by atoms with E-state index in [1.54, 1.807) is 25.2 Å². The van der Waals surface area contributed by atoms with Gasteiger partial charge in [-0.15, -0.1) is 0 Å². The number of amides is 2. The van der Waals surface area contributed by atoms with Crippen molar-refractivity contribution in [1.29, 1.82) is 0 Å². The number of unbranched alkanes of at least 4 members (excludes halogenated alkanes) is 2. The van der Waals surface area contributed by atoms with Crippen molar-refractivity contribution in [3.8, 4) is 22.9 Å². The van der Waals surface area contributed by atoms with Gasteiger partial charge in [0.15, 0.2) is 11.5 Å². The van der Waals surface area contributed by atoms with Crippen LogP contribution in [0.2, 0.25) is 0 Å². The number of rotatable bonds is 9. The fraction of sp³-hybridized carbons (Fsp3) is 0.370. The summed E-state index contributed by atoms with van der Waals surface area (Å²) in [4.78, 5) is 19.6. The zero-order chi connectivity index (χ0) is 24.9. The van der Waals surface area contributed by atoms with Crippen molar-refractivity contribution in [2.24, 2.45) is 0 Å². The van der Waals surface area contributed by atoms with Crippen LogP contribution in [0, 0.1) is 6.92 Å². The molecule has 35 heavy (non-hydrogen) atoms. The highest BCUT2D eigenvalue weighted by Gasteiger charge is 2.35. The molecule has 0 aliphatic carbocycles. The van der Waals surface area contributed by atoms with E-state index in [1.165, 1.54) is 0 Å². The average Bonchev–Trinajstić information content (AvgIpc) is 3.35. The number of benzene rings is 2. The Kier molecular flexibility index (Phi) is 7.39. The summed E-state index contributed by atoms with van der Waals surface area (Å²) in [7, 11) is 3.18. The molecule has 0 fully saturated rings. The lowest BCUT2D eigenvalue weighted by Gasteiger charge is -2.35. The van der Waals surface area contributed by atoms with E-state index in [2.05, 4.69) is 17.4 Å². The monoisotopic (exact) mass is 476 g/mol. The molecule has 2 heterocycles. The number of urea groups is 1. The van der Waals surface area contributed by atoms with E-state index in [0.717, 1.165) is 47.2 Å². The van der Waals surface area contributed by atoms with Gasteiger partial charge in [-0.2, -0.15) is 4.98 Å². The number of carbonyl (C=O) groups excluding carboxylic acids is 1. The summed E-state index contributed by atoms with van der Waals surface area (Å²) < 4.78 is 16.5. The molecule has 1 N–H and O–H groups in total. The van der Waals surface area contributed by atoms with Gasteiger partial charge in [-0.1, -0.05) is 54.8 Å². The summed E-state index contributed by atoms with van der Waals surface area (Å²) in [6, 6.07) is 13.1. The quantitative estimate of drug-likeness (QED) is 0.396. The van der Waals surface area contributed by atoms with Gasteiger partial charge in [0.1, 0.15) is 0 Å². The predicted octanol–water partition coefficient (Wildman–Crippen LogP) is 5.75.